The quantitative estimate of drug-likeness (QED) is 0.683. The molecule has 1 nitrogen and oxygen atoms in total. The Hall–Kier alpha value is -0.950. The third-order valence-corrected chi connectivity index (χ3v) is 3.35. The Morgan fingerprint density at radius 3 is 2.25 bits per heavy atom. The van der Waals surface area contributed by atoms with E-state index in [-0.39, 0.29) is 5.41 Å². The Kier molecular flexibility index (Phi) is 4.43. The number of para-hydroxylation sites is 1. The molecule has 0 aromatic heterocycles. The van der Waals surface area contributed by atoms with Crippen LogP contribution in [0.2, 0.25) is 0 Å². The van der Waals surface area contributed by atoms with Gasteiger partial charge < -0.3 is 4.74 Å². The molecule has 0 fully saturated rings. The highest BCUT2D eigenvalue weighted by Crippen LogP contribution is 2.36. The van der Waals surface area contributed by atoms with Gasteiger partial charge in [-0.3, -0.25) is 0 Å². The molecule has 2 heteroatoms. The Morgan fingerprint density at radius 1 is 1.25 bits per heavy atom. The van der Waals surface area contributed by atoms with Gasteiger partial charge in [0.2, 0.25) is 0 Å². The summed E-state index contributed by atoms with van der Waals surface area (Å²) < 4.78 is 5.82. The van der Waals surface area contributed by atoms with Gasteiger partial charge in [0.05, 0.1) is 0 Å². The lowest BCUT2D eigenvalue weighted by molar-refractivity contribution is 0.209. The van der Waals surface area contributed by atoms with Crippen LogP contribution in [0.5, 0.6) is 5.75 Å². The Balaban J connectivity index is 2.87. The molecule has 0 saturated carbocycles. The summed E-state index contributed by atoms with van der Waals surface area (Å²) in [5.74, 6) is 2.08. The molecule has 0 aliphatic carbocycles. The van der Waals surface area contributed by atoms with Gasteiger partial charge in [-0.15, -0.1) is 0 Å². The van der Waals surface area contributed by atoms with Gasteiger partial charge in [0.1, 0.15) is 11.5 Å². The van der Waals surface area contributed by atoms with Gasteiger partial charge >= 0.3 is 0 Å². The van der Waals surface area contributed by atoms with Crippen LogP contribution in [0.3, 0.4) is 0 Å². The zero-order chi connectivity index (χ0) is 12.2. The average Bonchev–Trinajstić information content (AvgIpc) is 2.26. The molecule has 0 amide bonds. The molecule has 0 atom stereocenters. The second kappa shape index (κ2) is 5.40. The van der Waals surface area contributed by atoms with E-state index in [1.54, 1.807) is 0 Å². The number of benzene rings is 1. The Bertz CT molecular complexity index is 352. The zero-order valence-corrected chi connectivity index (χ0v) is 11.1. The minimum absolute atomic E-state index is 0.0718. The number of rotatable bonds is 4. The van der Waals surface area contributed by atoms with Gasteiger partial charge in [0.15, 0.2) is 0 Å². The topological polar surface area (TPSA) is 9.23 Å². The van der Waals surface area contributed by atoms with Crippen LogP contribution in [0.4, 0.5) is 0 Å². The van der Waals surface area contributed by atoms with E-state index in [1.807, 2.05) is 30.3 Å². The maximum absolute atomic E-state index is 5.86. The van der Waals surface area contributed by atoms with Gasteiger partial charge in [-0.1, -0.05) is 57.5 Å². The van der Waals surface area contributed by atoms with Crippen LogP contribution in [0, 0.1) is 11.3 Å². The maximum Gasteiger partial charge on any atom is 0.127 e. The summed E-state index contributed by atoms with van der Waals surface area (Å²) in [6, 6.07) is 9.71. The van der Waals surface area contributed by atoms with E-state index in [9.17, 15) is 0 Å². The van der Waals surface area contributed by atoms with E-state index >= 15 is 0 Å². The van der Waals surface area contributed by atoms with Crippen LogP contribution >= 0.6 is 11.6 Å². The summed E-state index contributed by atoms with van der Waals surface area (Å²) in [6.07, 6.45) is 0. The monoisotopic (exact) mass is 238 g/mol. The van der Waals surface area contributed by atoms with Gasteiger partial charge in [-0.2, -0.15) is 0 Å². The second-order valence-corrected chi connectivity index (χ2v) is 4.98. The van der Waals surface area contributed by atoms with Crippen molar-refractivity contribution in [3.8, 4) is 5.75 Å². The molecule has 0 unspecified atom stereocenters. The fourth-order valence-electron chi connectivity index (χ4n) is 1.19. The van der Waals surface area contributed by atoms with Crippen LogP contribution in [0.1, 0.15) is 27.7 Å². The highest BCUT2D eigenvalue weighted by molar-refractivity contribution is 6.25. The molecule has 0 aliphatic heterocycles. The van der Waals surface area contributed by atoms with Crippen molar-refractivity contribution in [3.05, 3.63) is 41.6 Å². The first kappa shape index (κ1) is 13.1. The zero-order valence-electron chi connectivity index (χ0n) is 10.3. The molecule has 0 N–H and O–H groups in total. The normalized spacial score (nSPS) is 13.0. The molecule has 1 aromatic rings. The maximum atomic E-state index is 5.86. The van der Waals surface area contributed by atoms with Crippen molar-refractivity contribution >= 4 is 11.6 Å². The molecular weight excluding hydrogens is 220 g/mol. The second-order valence-electron chi connectivity index (χ2n) is 4.76. The number of hydrogen-bond donors (Lipinski definition) is 0. The highest BCUT2D eigenvalue weighted by atomic mass is 35.5. The third-order valence-electron chi connectivity index (χ3n) is 3.15. The number of ether oxygens (including phenoxy) is 1. The Morgan fingerprint density at radius 2 is 1.81 bits per heavy atom. The standard InChI is InChI=1S/C14H19ClO/c1-11(2)14(3,4)13(10-15)16-12-8-6-5-7-9-12/h5-11H,1-4H3. The third kappa shape index (κ3) is 3.02. The average molecular weight is 239 g/mol. The molecule has 0 spiro atoms. The van der Waals surface area contributed by atoms with Gasteiger partial charge in [0, 0.05) is 11.0 Å². The molecular formula is C14H19ClO. The largest absolute Gasteiger partial charge is 0.460 e. The van der Waals surface area contributed by atoms with Crippen molar-refractivity contribution < 1.29 is 4.74 Å². The first-order chi connectivity index (χ1) is 7.48. The first-order valence-electron chi connectivity index (χ1n) is 5.52. The van der Waals surface area contributed by atoms with E-state index in [2.05, 4.69) is 27.7 Å². The van der Waals surface area contributed by atoms with E-state index < -0.39 is 0 Å². The summed E-state index contributed by atoms with van der Waals surface area (Å²) in [4.78, 5) is 0. The Labute approximate surface area is 103 Å². The van der Waals surface area contributed by atoms with Crippen LogP contribution in [0.15, 0.2) is 41.6 Å². The van der Waals surface area contributed by atoms with E-state index in [4.69, 9.17) is 16.3 Å². The van der Waals surface area contributed by atoms with Crippen molar-refractivity contribution in [2.24, 2.45) is 11.3 Å². The van der Waals surface area contributed by atoms with Gasteiger partial charge in [0.25, 0.3) is 0 Å². The molecule has 1 rings (SSSR count). The van der Waals surface area contributed by atoms with E-state index in [1.165, 1.54) is 5.54 Å². The number of halogens is 1. The van der Waals surface area contributed by atoms with Crippen LogP contribution in [0.25, 0.3) is 0 Å². The van der Waals surface area contributed by atoms with Crippen molar-refractivity contribution in [1.29, 1.82) is 0 Å². The summed E-state index contributed by atoms with van der Waals surface area (Å²) in [5.41, 5.74) is 1.46. The van der Waals surface area contributed by atoms with E-state index in [0.717, 1.165) is 11.5 Å². The van der Waals surface area contributed by atoms with Crippen molar-refractivity contribution in [3.63, 3.8) is 0 Å². The lowest BCUT2D eigenvalue weighted by Gasteiger charge is -2.31. The predicted octanol–water partition coefficient (Wildman–Crippen LogP) is 4.83. The SMILES string of the molecule is CC(C)C(C)(C)C(=CCl)Oc1ccccc1. The summed E-state index contributed by atoms with van der Waals surface area (Å²) in [7, 11) is 0. The molecule has 88 valence electrons. The highest BCUT2D eigenvalue weighted by Gasteiger charge is 2.29. The lowest BCUT2D eigenvalue weighted by Crippen LogP contribution is -2.25. The molecule has 0 saturated heterocycles. The fraction of sp³-hybridized carbons (Fsp3) is 0.429. The smallest absolute Gasteiger partial charge is 0.127 e. The fourth-order valence-corrected chi connectivity index (χ4v) is 1.52. The lowest BCUT2D eigenvalue weighted by atomic mass is 9.80. The van der Waals surface area contributed by atoms with Crippen LogP contribution in [-0.4, -0.2) is 0 Å². The van der Waals surface area contributed by atoms with Crippen molar-refractivity contribution in [2.45, 2.75) is 27.7 Å². The number of hydrogen-bond acceptors (Lipinski definition) is 1. The minimum atomic E-state index is -0.0718. The molecule has 16 heavy (non-hydrogen) atoms. The van der Waals surface area contributed by atoms with Crippen molar-refractivity contribution in [2.75, 3.05) is 0 Å². The summed E-state index contributed by atoms with van der Waals surface area (Å²) in [5, 5.41) is 0. The summed E-state index contributed by atoms with van der Waals surface area (Å²) in [6.45, 7) is 8.59. The predicted molar refractivity (Wildman–Crippen MR) is 69.6 cm³/mol. The molecule has 0 radical (unpaired) electrons. The van der Waals surface area contributed by atoms with Crippen LogP contribution in [-0.2, 0) is 0 Å². The van der Waals surface area contributed by atoms with Gasteiger partial charge in [-0.25, -0.2) is 0 Å². The van der Waals surface area contributed by atoms with Crippen molar-refractivity contribution in [1.82, 2.24) is 0 Å². The number of allylic oxidation sites excluding steroid dienone is 1. The molecule has 0 aliphatic rings. The molecule has 0 bridgehead atoms. The van der Waals surface area contributed by atoms with Gasteiger partial charge in [-0.05, 0) is 18.1 Å². The minimum Gasteiger partial charge on any atom is -0.460 e. The molecule has 0 heterocycles. The van der Waals surface area contributed by atoms with Crippen LogP contribution < -0.4 is 4.74 Å². The van der Waals surface area contributed by atoms with E-state index in [0.29, 0.717) is 5.92 Å². The first-order valence-corrected chi connectivity index (χ1v) is 5.96. The molecule has 1 aromatic carbocycles. The summed E-state index contributed by atoms with van der Waals surface area (Å²) >= 11 is 5.86.